The minimum atomic E-state index is 0.0477. The zero-order valence-corrected chi connectivity index (χ0v) is 13.6. The summed E-state index contributed by atoms with van der Waals surface area (Å²) in [5.74, 6) is 1.68. The van der Waals surface area contributed by atoms with Crippen molar-refractivity contribution in [1.29, 1.82) is 0 Å². The van der Waals surface area contributed by atoms with Crippen LogP contribution in [-0.2, 0) is 9.53 Å². The summed E-state index contributed by atoms with van der Waals surface area (Å²) in [7, 11) is 0. The van der Waals surface area contributed by atoms with Gasteiger partial charge in [-0.2, -0.15) is 0 Å². The molecule has 0 aliphatic carbocycles. The van der Waals surface area contributed by atoms with Crippen molar-refractivity contribution in [2.75, 3.05) is 37.9 Å². The number of pyridine rings is 1. The van der Waals surface area contributed by atoms with E-state index < -0.39 is 0 Å². The van der Waals surface area contributed by atoms with E-state index in [0.717, 1.165) is 22.9 Å². The first kappa shape index (κ1) is 14.9. The first-order chi connectivity index (χ1) is 11.7. The van der Waals surface area contributed by atoms with Gasteiger partial charge >= 0.3 is 0 Å². The molecule has 3 aliphatic heterocycles. The maximum absolute atomic E-state index is 12.9. The maximum atomic E-state index is 12.9. The molecular formula is C17H19N5O2. The van der Waals surface area contributed by atoms with Crippen LogP contribution in [-0.4, -0.2) is 59.5 Å². The van der Waals surface area contributed by atoms with Crippen molar-refractivity contribution >= 4 is 17.6 Å². The minimum absolute atomic E-state index is 0.0477. The van der Waals surface area contributed by atoms with Gasteiger partial charge in [-0.25, -0.2) is 15.0 Å². The van der Waals surface area contributed by atoms with Gasteiger partial charge in [0.15, 0.2) is 5.82 Å². The van der Waals surface area contributed by atoms with Crippen LogP contribution in [0.25, 0.3) is 0 Å². The number of carbonyl (C=O) groups is 1. The first-order valence-electron chi connectivity index (χ1n) is 8.05. The van der Waals surface area contributed by atoms with Crippen LogP contribution in [0, 0.1) is 0 Å². The van der Waals surface area contributed by atoms with Gasteiger partial charge < -0.3 is 9.64 Å². The molecule has 4 rings (SSSR count). The van der Waals surface area contributed by atoms with Gasteiger partial charge in [-0.05, 0) is 19.1 Å². The van der Waals surface area contributed by atoms with Crippen molar-refractivity contribution in [2.24, 2.45) is 4.99 Å². The molecular weight excluding hydrogens is 306 g/mol. The first-order valence-corrected chi connectivity index (χ1v) is 8.05. The lowest BCUT2D eigenvalue weighted by molar-refractivity contribution is -0.131. The predicted molar refractivity (Wildman–Crippen MR) is 90.1 cm³/mol. The van der Waals surface area contributed by atoms with E-state index in [1.165, 1.54) is 0 Å². The van der Waals surface area contributed by atoms with E-state index in [9.17, 15) is 4.79 Å². The van der Waals surface area contributed by atoms with Gasteiger partial charge in [0, 0.05) is 31.6 Å². The number of hydrogen-bond acceptors (Lipinski definition) is 6. The lowest BCUT2D eigenvalue weighted by Gasteiger charge is -2.35. The summed E-state index contributed by atoms with van der Waals surface area (Å²) in [6.07, 6.45) is 5.62. The molecule has 7 nitrogen and oxygen atoms in total. The third-order valence-corrected chi connectivity index (χ3v) is 4.36. The lowest BCUT2D eigenvalue weighted by Crippen LogP contribution is -2.47. The summed E-state index contributed by atoms with van der Waals surface area (Å²) in [6, 6.07) is 5.75. The average molecular weight is 325 g/mol. The van der Waals surface area contributed by atoms with Crippen molar-refractivity contribution in [1.82, 2.24) is 14.9 Å². The molecule has 3 aliphatic rings. The van der Waals surface area contributed by atoms with Gasteiger partial charge in [0.25, 0.3) is 5.91 Å². The summed E-state index contributed by atoms with van der Waals surface area (Å²) >= 11 is 0. The highest BCUT2D eigenvalue weighted by molar-refractivity contribution is 6.02. The van der Waals surface area contributed by atoms with Crippen LogP contribution in [0.3, 0.4) is 0 Å². The number of fused-ring (bicyclic) bond motifs is 1. The largest absolute Gasteiger partial charge is 0.378 e. The van der Waals surface area contributed by atoms with E-state index in [1.807, 2.05) is 52.3 Å². The molecule has 0 atom stereocenters. The van der Waals surface area contributed by atoms with Crippen molar-refractivity contribution in [3.8, 4) is 0 Å². The fourth-order valence-corrected chi connectivity index (χ4v) is 3.04. The summed E-state index contributed by atoms with van der Waals surface area (Å²) < 4.78 is 5.33. The molecule has 1 aromatic rings. The molecule has 0 bridgehead atoms. The Balaban J connectivity index is 1.59. The SMILES string of the molecule is CC1=C(C(=O)N2CCOCC2)CN2C(=N1)C=CN2c1ccccn1. The zero-order valence-electron chi connectivity index (χ0n) is 13.6. The Kier molecular flexibility index (Phi) is 3.78. The van der Waals surface area contributed by atoms with Crippen LogP contribution in [0.1, 0.15) is 6.92 Å². The van der Waals surface area contributed by atoms with Crippen LogP contribution < -0.4 is 5.01 Å². The van der Waals surface area contributed by atoms with E-state index in [4.69, 9.17) is 4.74 Å². The molecule has 0 spiro atoms. The van der Waals surface area contributed by atoms with Gasteiger partial charge in [0.05, 0.1) is 31.0 Å². The number of amides is 1. The van der Waals surface area contributed by atoms with Gasteiger partial charge in [0.1, 0.15) is 5.84 Å². The predicted octanol–water partition coefficient (Wildman–Crippen LogP) is 1.18. The average Bonchev–Trinajstić information content (AvgIpc) is 3.04. The summed E-state index contributed by atoms with van der Waals surface area (Å²) in [6.45, 7) is 4.85. The van der Waals surface area contributed by atoms with Gasteiger partial charge in [-0.3, -0.25) is 9.80 Å². The van der Waals surface area contributed by atoms with E-state index in [-0.39, 0.29) is 5.91 Å². The highest BCUT2D eigenvalue weighted by Gasteiger charge is 2.32. The van der Waals surface area contributed by atoms with Crippen molar-refractivity contribution in [2.45, 2.75) is 6.92 Å². The Labute approximate surface area is 140 Å². The minimum Gasteiger partial charge on any atom is -0.378 e. The standard InChI is InChI=1S/C17H19N5O2/c1-13-14(17(23)20-8-10-24-11-9-20)12-22-16(19-13)5-7-21(22)15-4-2-3-6-18-15/h2-7H,8-12H2,1H3. The normalized spacial score (nSPS) is 20.4. The molecule has 24 heavy (non-hydrogen) atoms. The number of morpholine rings is 1. The summed E-state index contributed by atoms with van der Waals surface area (Å²) in [4.78, 5) is 23.7. The van der Waals surface area contributed by atoms with Gasteiger partial charge in [-0.15, -0.1) is 0 Å². The number of ether oxygens (including phenoxy) is 1. The van der Waals surface area contributed by atoms with Crippen LogP contribution in [0.5, 0.6) is 0 Å². The van der Waals surface area contributed by atoms with Crippen molar-refractivity contribution in [3.05, 3.63) is 47.9 Å². The maximum Gasteiger partial charge on any atom is 0.253 e. The number of aromatic nitrogens is 1. The topological polar surface area (TPSA) is 61.3 Å². The van der Waals surface area contributed by atoms with Crippen molar-refractivity contribution < 1.29 is 9.53 Å². The Hall–Kier alpha value is -2.67. The number of hydrogen-bond donors (Lipinski definition) is 0. The quantitative estimate of drug-likeness (QED) is 0.817. The molecule has 0 saturated carbocycles. The Bertz CT molecular complexity index is 735. The smallest absolute Gasteiger partial charge is 0.253 e. The van der Waals surface area contributed by atoms with E-state index in [0.29, 0.717) is 32.8 Å². The molecule has 0 N–H and O–H groups in total. The second-order valence-electron chi connectivity index (χ2n) is 5.84. The highest BCUT2D eigenvalue weighted by atomic mass is 16.5. The molecule has 7 heteroatoms. The summed E-state index contributed by atoms with van der Waals surface area (Å²) in [5.41, 5.74) is 1.51. The summed E-state index contributed by atoms with van der Waals surface area (Å²) in [5, 5.41) is 3.90. The molecule has 124 valence electrons. The molecule has 1 saturated heterocycles. The molecule has 0 aromatic carbocycles. The number of allylic oxidation sites excluding steroid dienone is 1. The Morgan fingerprint density at radius 2 is 2.08 bits per heavy atom. The molecule has 1 fully saturated rings. The Morgan fingerprint density at radius 1 is 1.25 bits per heavy atom. The number of amidine groups is 1. The van der Waals surface area contributed by atoms with Crippen LogP contribution in [0.4, 0.5) is 5.82 Å². The van der Waals surface area contributed by atoms with Crippen LogP contribution in [0.2, 0.25) is 0 Å². The number of carbonyl (C=O) groups excluding carboxylic acids is 1. The Morgan fingerprint density at radius 3 is 2.83 bits per heavy atom. The molecule has 4 heterocycles. The lowest BCUT2D eigenvalue weighted by atomic mass is 10.1. The van der Waals surface area contributed by atoms with E-state index in [2.05, 4.69) is 9.98 Å². The number of rotatable bonds is 2. The zero-order chi connectivity index (χ0) is 16.5. The third kappa shape index (κ3) is 2.56. The number of nitrogens with zero attached hydrogens (tertiary/aromatic N) is 5. The van der Waals surface area contributed by atoms with Crippen LogP contribution in [0.15, 0.2) is 52.9 Å². The number of aliphatic imine (C=N–C) groups is 1. The van der Waals surface area contributed by atoms with Crippen LogP contribution >= 0.6 is 0 Å². The molecule has 0 radical (unpaired) electrons. The second kappa shape index (κ2) is 6.09. The van der Waals surface area contributed by atoms with Crippen molar-refractivity contribution in [3.63, 3.8) is 0 Å². The van der Waals surface area contributed by atoms with E-state index in [1.54, 1.807) is 6.20 Å². The molecule has 1 aromatic heterocycles. The second-order valence-corrected chi connectivity index (χ2v) is 5.84. The van der Waals surface area contributed by atoms with Gasteiger partial charge in [-0.1, -0.05) is 6.07 Å². The highest BCUT2D eigenvalue weighted by Crippen LogP contribution is 2.26. The third-order valence-electron chi connectivity index (χ3n) is 4.36. The van der Waals surface area contributed by atoms with E-state index >= 15 is 0 Å². The monoisotopic (exact) mass is 325 g/mol. The van der Waals surface area contributed by atoms with Gasteiger partial charge in [0.2, 0.25) is 0 Å². The molecule has 0 unspecified atom stereocenters. The fourth-order valence-electron chi connectivity index (χ4n) is 3.04. The fraction of sp³-hybridized carbons (Fsp3) is 0.353. The number of hydrazine groups is 1. The molecule has 1 amide bonds. The number of anilines is 1.